The van der Waals surface area contributed by atoms with Gasteiger partial charge in [-0.3, -0.25) is 14.5 Å². The first-order chi connectivity index (χ1) is 12.8. The molecule has 1 atom stereocenters. The van der Waals surface area contributed by atoms with Crippen LogP contribution >= 0.6 is 11.8 Å². The van der Waals surface area contributed by atoms with E-state index in [0.717, 1.165) is 16.9 Å². The molecule has 1 aromatic carbocycles. The number of rotatable bonds is 5. The second kappa shape index (κ2) is 8.30. The van der Waals surface area contributed by atoms with Gasteiger partial charge in [0.15, 0.2) is 0 Å². The molecule has 0 radical (unpaired) electrons. The Bertz CT molecular complexity index is 833. The third-order valence-electron chi connectivity index (χ3n) is 4.93. The second-order valence-corrected chi connectivity index (χ2v) is 10.0. The van der Waals surface area contributed by atoms with Gasteiger partial charge in [-0.2, -0.15) is 4.31 Å². The van der Waals surface area contributed by atoms with Gasteiger partial charge in [-0.05, 0) is 37.5 Å². The number of sulfonamides is 1. The van der Waals surface area contributed by atoms with E-state index in [-0.39, 0.29) is 23.6 Å². The highest BCUT2D eigenvalue weighted by Crippen LogP contribution is 2.22. The van der Waals surface area contributed by atoms with Gasteiger partial charge in [0.05, 0.1) is 17.5 Å². The van der Waals surface area contributed by atoms with Crippen LogP contribution in [-0.4, -0.2) is 73.2 Å². The van der Waals surface area contributed by atoms with Crippen LogP contribution in [0.3, 0.4) is 0 Å². The zero-order chi connectivity index (χ0) is 19.6. The van der Waals surface area contributed by atoms with Crippen LogP contribution in [-0.2, 0) is 19.6 Å². The molecule has 0 aliphatic carbocycles. The summed E-state index contributed by atoms with van der Waals surface area (Å²) in [5.74, 6) is 0.570. The molecule has 1 N–H and O–H groups in total. The Hall–Kier alpha value is -1.42. The maximum atomic E-state index is 12.9. The normalized spacial score (nSPS) is 22.1. The first-order valence-corrected chi connectivity index (χ1v) is 11.5. The first-order valence-electron chi connectivity index (χ1n) is 9.03. The Morgan fingerprint density at radius 2 is 1.93 bits per heavy atom. The molecule has 0 spiro atoms. The van der Waals surface area contributed by atoms with Crippen LogP contribution in [0.1, 0.15) is 17.5 Å². The molecule has 27 heavy (non-hydrogen) atoms. The van der Waals surface area contributed by atoms with Crippen LogP contribution < -0.4 is 5.32 Å². The molecule has 3 rings (SSSR count). The maximum Gasteiger partial charge on any atom is 0.243 e. The lowest BCUT2D eigenvalue weighted by molar-refractivity contribution is -0.125. The van der Waals surface area contributed by atoms with Crippen LogP contribution in [0.4, 0.5) is 0 Å². The first kappa shape index (κ1) is 20.3. The van der Waals surface area contributed by atoms with Crippen LogP contribution in [0.25, 0.3) is 0 Å². The summed E-state index contributed by atoms with van der Waals surface area (Å²) >= 11 is 1.26. The summed E-state index contributed by atoms with van der Waals surface area (Å²) in [7, 11) is -3.53. The summed E-state index contributed by atoms with van der Waals surface area (Å²) in [6, 6.07) is 5.05. The average molecular weight is 412 g/mol. The number of carbonyl (C=O) groups excluding carboxylic acids is 2. The minimum Gasteiger partial charge on any atom is -0.344 e. The number of aryl methyl sites for hydroxylation is 2. The molecule has 9 heteroatoms. The number of piperazine rings is 1. The van der Waals surface area contributed by atoms with Crippen molar-refractivity contribution in [3.8, 4) is 0 Å². The number of hydrogen-bond acceptors (Lipinski definition) is 6. The molecule has 2 fully saturated rings. The Morgan fingerprint density at radius 3 is 2.56 bits per heavy atom. The Labute approximate surface area is 164 Å². The molecular formula is C18H25N3O4S2. The van der Waals surface area contributed by atoms with Crippen molar-refractivity contribution in [1.82, 2.24) is 14.5 Å². The molecule has 148 valence electrons. The van der Waals surface area contributed by atoms with Crippen LogP contribution in [0.15, 0.2) is 23.1 Å². The molecule has 1 aromatic rings. The highest BCUT2D eigenvalue weighted by atomic mass is 32.2. The van der Waals surface area contributed by atoms with Gasteiger partial charge in [0, 0.05) is 31.9 Å². The molecule has 1 amide bonds. The van der Waals surface area contributed by atoms with Crippen LogP contribution in [0, 0.1) is 13.8 Å². The molecule has 2 heterocycles. The number of thioether (sulfide) groups is 1. The summed E-state index contributed by atoms with van der Waals surface area (Å²) in [4.78, 5) is 26.0. The van der Waals surface area contributed by atoms with Crippen molar-refractivity contribution in [3.63, 3.8) is 0 Å². The smallest absolute Gasteiger partial charge is 0.243 e. The molecule has 0 aromatic heterocycles. The van der Waals surface area contributed by atoms with Crippen molar-refractivity contribution in [2.75, 3.05) is 38.5 Å². The van der Waals surface area contributed by atoms with Crippen molar-refractivity contribution in [3.05, 3.63) is 29.3 Å². The lowest BCUT2D eigenvalue weighted by Gasteiger charge is -2.34. The number of hydrogen-bond donors (Lipinski definition) is 1. The van der Waals surface area contributed by atoms with E-state index in [1.165, 1.54) is 16.1 Å². The van der Waals surface area contributed by atoms with Gasteiger partial charge in [0.2, 0.25) is 21.0 Å². The maximum absolute atomic E-state index is 12.9. The quantitative estimate of drug-likeness (QED) is 0.770. The van der Waals surface area contributed by atoms with Gasteiger partial charge in [-0.1, -0.05) is 23.9 Å². The molecule has 0 saturated carbocycles. The summed E-state index contributed by atoms with van der Waals surface area (Å²) in [6.07, 6.45) is 0.678. The van der Waals surface area contributed by atoms with Crippen molar-refractivity contribution in [2.45, 2.75) is 31.2 Å². The van der Waals surface area contributed by atoms with Gasteiger partial charge in [-0.25, -0.2) is 8.42 Å². The third kappa shape index (κ3) is 4.71. The Balaban J connectivity index is 1.56. The van der Waals surface area contributed by atoms with Crippen molar-refractivity contribution in [2.24, 2.45) is 0 Å². The Kier molecular flexibility index (Phi) is 6.25. The van der Waals surface area contributed by atoms with Crippen molar-refractivity contribution >= 4 is 32.8 Å². The molecule has 2 saturated heterocycles. The molecule has 2 aliphatic rings. The molecule has 0 bridgehead atoms. The standard InChI is InChI=1S/C18H25N3O4S2/c1-13-3-4-14(2)16(11-13)27(24,25)21-8-6-20(7-9-21)12-17(22)19-15-5-10-26-18(15)23/h3-4,11,15H,5-10,12H2,1-2H3,(H,19,22). The van der Waals surface area contributed by atoms with Crippen molar-refractivity contribution in [1.29, 1.82) is 0 Å². The lowest BCUT2D eigenvalue weighted by atomic mass is 10.2. The molecular weight excluding hydrogens is 386 g/mol. The topological polar surface area (TPSA) is 86.8 Å². The highest BCUT2D eigenvalue weighted by molar-refractivity contribution is 8.14. The number of nitrogens with zero attached hydrogens (tertiary/aromatic N) is 2. The number of benzene rings is 1. The largest absolute Gasteiger partial charge is 0.344 e. The summed E-state index contributed by atoms with van der Waals surface area (Å²) in [5.41, 5.74) is 1.65. The SMILES string of the molecule is Cc1ccc(C)c(S(=O)(=O)N2CCN(CC(=O)NC3CCSC3=O)CC2)c1. The van der Waals surface area contributed by atoms with E-state index in [9.17, 15) is 18.0 Å². The van der Waals surface area contributed by atoms with Gasteiger partial charge >= 0.3 is 0 Å². The van der Waals surface area contributed by atoms with E-state index in [1.54, 1.807) is 13.0 Å². The van der Waals surface area contributed by atoms with E-state index < -0.39 is 10.0 Å². The zero-order valence-electron chi connectivity index (χ0n) is 15.6. The van der Waals surface area contributed by atoms with Gasteiger partial charge in [0.25, 0.3) is 0 Å². The van der Waals surface area contributed by atoms with Crippen molar-refractivity contribution < 1.29 is 18.0 Å². The van der Waals surface area contributed by atoms with Crippen LogP contribution in [0.5, 0.6) is 0 Å². The fraction of sp³-hybridized carbons (Fsp3) is 0.556. The van der Waals surface area contributed by atoms with Gasteiger partial charge in [-0.15, -0.1) is 0 Å². The average Bonchev–Trinajstić information content (AvgIpc) is 3.02. The molecule has 1 unspecified atom stereocenters. The number of nitrogens with one attached hydrogen (secondary N) is 1. The highest BCUT2D eigenvalue weighted by Gasteiger charge is 2.31. The van der Waals surface area contributed by atoms with Gasteiger partial charge in [0.1, 0.15) is 0 Å². The molecule has 2 aliphatic heterocycles. The second-order valence-electron chi connectivity index (χ2n) is 7.03. The summed E-state index contributed by atoms with van der Waals surface area (Å²) < 4.78 is 27.4. The summed E-state index contributed by atoms with van der Waals surface area (Å²) in [6.45, 7) is 5.54. The van der Waals surface area contributed by atoms with E-state index in [1.807, 2.05) is 24.0 Å². The van der Waals surface area contributed by atoms with E-state index >= 15 is 0 Å². The predicted octanol–water partition coefficient (Wildman–Crippen LogP) is 0.758. The van der Waals surface area contributed by atoms with E-state index in [2.05, 4.69) is 5.32 Å². The van der Waals surface area contributed by atoms with Crippen LogP contribution in [0.2, 0.25) is 0 Å². The number of amides is 1. The lowest BCUT2D eigenvalue weighted by Crippen LogP contribution is -2.52. The van der Waals surface area contributed by atoms with E-state index in [0.29, 0.717) is 37.5 Å². The molecule has 7 nitrogen and oxygen atoms in total. The number of carbonyl (C=O) groups is 2. The minimum atomic E-state index is -3.53. The minimum absolute atomic E-state index is 0.0211. The summed E-state index contributed by atoms with van der Waals surface area (Å²) in [5, 5.41) is 2.80. The fourth-order valence-corrected chi connectivity index (χ4v) is 5.99. The fourth-order valence-electron chi connectivity index (χ4n) is 3.32. The Morgan fingerprint density at radius 1 is 1.22 bits per heavy atom. The van der Waals surface area contributed by atoms with E-state index in [4.69, 9.17) is 0 Å². The van der Waals surface area contributed by atoms with Gasteiger partial charge < -0.3 is 5.32 Å². The third-order valence-corrected chi connectivity index (χ3v) is 7.98. The monoisotopic (exact) mass is 411 g/mol. The predicted molar refractivity (Wildman–Crippen MR) is 105 cm³/mol. The zero-order valence-corrected chi connectivity index (χ0v) is 17.2.